The summed E-state index contributed by atoms with van der Waals surface area (Å²) in [5.74, 6) is 1.60. The summed E-state index contributed by atoms with van der Waals surface area (Å²) in [6.45, 7) is 1.82. The minimum atomic E-state index is -0.342. The molecule has 0 aliphatic heterocycles. The summed E-state index contributed by atoms with van der Waals surface area (Å²) >= 11 is 1.23. The number of benzene rings is 2. The highest BCUT2D eigenvalue weighted by Crippen LogP contribution is 2.31. The molecule has 0 radical (unpaired) electrons. The van der Waals surface area contributed by atoms with E-state index < -0.39 is 0 Å². The molecule has 7 heteroatoms. The van der Waals surface area contributed by atoms with Crippen LogP contribution >= 0.6 is 11.8 Å². The Morgan fingerprint density at radius 1 is 1.04 bits per heavy atom. The van der Waals surface area contributed by atoms with E-state index in [1.165, 1.54) is 11.8 Å². The number of Topliss-reactive ketones (excluding diaryl/α,β-unsaturated/α-hetero) is 1. The smallest absolute Gasteiger partial charge is 0.277 e. The molecule has 0 spiro atoms. The van der Waals surface area contributed by atoms with Gasteiger partial charge in [-0.1, -0.05) is 42.1 Å². The van der Waals surface area contributed by atoms with Crippen LogP contribution in [0.4, 0.5) is 0 Å². The molecular weight excluding hydrogens is 352 g/mol. The lowest BCUT2D eigenvalue weighted by Crippen LogP contribution is -2.13. The zero-order valence-corrected chi connectivity index (χ0v) is 15.4. The number of nitrogens with zero attached hydrogens (tertiary/aromatic N) is 2. The van der Waals surface area contributed by atoms with Crippen LogP contribution in [-0.4, -0.2) is 35.5 Å². The summed E-state index contributed by atoms with van der Waals surface area (Å²) in [7, 11) is 3.15. The number of aromatic nitrogens is 2. The fourth-order valence-electron chi connectivity index (χ4n) is 2.35. The number of methoxy groups -OCH3 is 2. The second-order valence-electron chi connectivity index (χ2n) is 5.46. The maximum absolute atomic E-state index is 12.4. The number of hydrogen-bond acceptors (Lipinski definition) is 7. The lowest BCUT2D eigenvalue weighted by molar-refractivity contribution is 0.0993. The molecule has 0 unspecified atom stereocenters. The Bertz CT molecular complexity index is 873. The Hall–Kier alpha value is -2.80. The summed E-state index contributed by atoms with van der Waals surface area (Å²) in [4.78, 5) is 12.4. The van der Waals surface area contributed by atoms with Crippen LogP contribution in [0, 0.1) is 0 Å². The standard InChI is InChI=1S/C19H18N2O4S/c1-12(17(22)13-7-5-4-6-8-13)26-19-21-20-18(25-19)14-9-15(23-2)11-16(10-14)24-3/h4-12H,1-3H3/t12-/m1/s1. The minimum absolute atomic E-state index is 0.0124. The third kappa shape index (κ3) is 4.05. The summed E-state index contributed by atoms with van der Waals surface area (Å²) in [5, 5.41) is 8.08. The molecule has 1 aromatic heterocycles. The van der Waals surface area contributed by atoms with Gasteiger partial charge in [0.1, 0.15) is 11.5 Å². The van der Waals surface area contributed by atoms with E-state index in [4.69, 9.17) is 13.9 Å². The molecule has 0 saturated carbocycles. The van der Waals surface area contributed by atoms with Gasteiger partial charge in [-0.25, -0.2) is 0 Å². The number of carbonyl (C=O) groups excluding carboxylic acids is 1. The topological polar surface area (TPSA) is 74.5 Å². The van der Waals surface area contributed by atoms with Crippen molar-refractivity contribution in [1.82, 2.24) is 10.2 Å². The van der Waals surface area contributed by atoms with Gasteiger partial charge in [0, 0.05) is 17.2 Å². The van der Waals surface area contributed by atoms with E-state index in [9.17, 15) is 4.79 Å². The van der Waals surface area contributed by atoms with Crippen LogP contribution in [0.3, 0.4) is 0 Å². The van der Waals surface area contributed by atoms with Crippen molar-refractivity contribution in [2.24, 2.45) is 0 Å². The second-order valence-corrected chi connectivity index (χ2v) is 6.76. The minimum Gasteiger partial charge on any atom is -0.497 e. The van der Waals surface area contributed by atoms with Crippen LogP contribution in [0.25, 0.3) is 11.5 Å². The van der Waals surface area contributed by atoms with Crippen LogP contribution in [0.2, 0.25) is 0 Å². The van der Waals surface area contributed by atoms with E-state index in [-0.39, 0.29) is 11.0 Å². The number of ether oxygens (including phenoxy) is 2. The van der Waals surface area contributed by atoms with Gasteiger partial charge >= 0.3 is 0 Å². The van der Waals surface area contributed by atoms with Crippen LogP contribution in [0.5, 0.6) is 11.5 Å². The lowest BCUT2D eigenvalue weighted by atomic mass is 10.1. The third-order valence-electron chi connectivity index (χ3n) is 3.71. The average molecular weight is 370 g/mol. The van der Waals surface area contributed by atoms with Crippen molar-refractivity contribution >= 4 is 17.5 Å². The zero-order valence-electron chi connectivity index (χ0n) is 14.6. The van der Waals surface area contributed by atoms with Gasteiger partial charge < -0.3 is 13.9 Å². The van der Waals surface area contributed by atoms with E-state index >= 15 is 0 Å². The van der Waals surface area contributed by atoms with Crippen molar-refractivity contribution in [3.05, 3.63) is 54.1 Å². The molecule has 3 rings (SSSR count). The molecule has 3 aromatic rings. The largest absolute Gasteiger partial charge is 0.497 e. The number of thioether (sulfide) groups is 1. The number of rotatable bonds is 7. The molecule has 6 nitrogen and oxygen atoms in total. The molecular formula is C19H18N2O4S. The zero-order chi connectivity index (χ0) is 18.5. The molecule has 0 aliphatic rings. The fourth-order valence-corrected chi connectivity index (χ4v) is 3.11. The molecule has 0 fully saturated rings. The highest BCUT2D eigenvalue weighted by molar-refractivity contribution is 8.00. The molecule has 1 heterocycles. The summed E-state index contributed by atoms with van der Waals surface area (Å²) in [6, 6.07) is 14.5. The van der Waals surface area contributed by atoms with Gasteiger partial charge in [-0.05, 0) is 19.1 Å². The summed E-state index contributed by atoms with van der Waals surface area (Å²) in [5.41, 5.74) is 1.34. The molecule has 0 amide bonds. The molecule has 0 bridgehead atoms. The fraction of sp³-hybridized carbons (Fsp3) is 0.211. The van der Waals surface area contributed by atoms with E-state index in [1.807, 2.05) is 25.1 Å². The Morgan fingerprint density at radius 2 is 1.69 bits per heavy atom. The maximum atomic E-state index is 12.4. The lowest BCUT2D eigenvalue weighted by Gasteiger charge is -2.07. The van der Waals surface area contributed by atoms with Gasteiger partial charge in [0.15, 0.2) is 5.78 Å². The van der Waals surface area contributed by atoms with E-state index in [1.54, 1.807) is 44.6 Å². The van der Waals surface area contributed by atoms with Crippen molar-refractivity contribution in [1.29, 1.82) is 0 Å². The third-order valence-corrected chi connectivity index (χ3v) is 4.64. The monoisotopic (exact) mass is 370 g/mol. The van der Waals surface area contributed by atoms with E-state index in [0.29, 0.717) is 33.7 Å². The van der Waals surface area contributed by atoms with Gasteiger partial charge in [0.2, 0.25) is 5.89 Å². The first kappa shape index (κ1) is 18.0. The van der Waals surface area contributed by atoms with Crippen LogP contribution < -0.4 is 9.47 Å². The van der Waals surface area contributed by atoms with E-state index in [2.05, 4.69) is 10.2 Å². The van der Waals surface area contributed by atoms with Gasteiger partial charge in [0.05, 0.1) is 19.5 Å². The highest BCUT2D eigenvalue weighted by Gasteiger charge is 2.20. The quantitative estimate of drug-likeness (QED) is 0.457. The van der Waals surface area contributed by atoms with Gasteiger partial charge in [-0.3, -0.25) is 4.79 Å². The molecule has 134 valence electrons. The second kappa shape index (κ2) is 8.05. The Balaban J connectivity index is 1.77. The Labute approximate surface area is 155 Å². The molecule has 26 heavy (non-hydrogen) atoms. The van der Waals surface area contributed by atoms with Gasteiger partial charge in [-0.15, -0.1) is 10.2 Å². The first-order valence-electron chi connectivity index (χ1n) is 7.93. The van der Waals surface area contributed by atoms with Crippen molar-refractivity contribution in [3.8, 4) is 23.0 Å². The molecule has 0 saturated heterocycles. The summed E-state index contributed by atoms with van der Waals surface area (Å²) < 4.78 is 16.2. The first-order valence-corrected chi connectivity index (χ1v) is 8.81. The molecule has 1 atom stereocenters. The summed E-state index contributed by atoms with van der Waals surface area (Å²) in [6.07, 6.45) is 0. The van der Waals surface area contributed by atoms with Gasteiger partial charge in [-0.2, -0.15) is 0 Å². The van der Waals surface area contributed by atoms with E-state index in [0.717, 1.165) is 0 Å². The molecule has 2 aromatic carbocycles. The van der Waals surface area contributed by atoms with Crippen LogP contribution in [-0.2, 0) is 0 Å². The van der Waals surface area contributed by atoms with Crippen LogP contribution in [0.1, 0.15) is 17.3 Å². The normalized spacial score (nSPS) is 11.8. The predicted molar refractivity (Wildman–Crippen MR) is 98.9 cm³/mol. The predicted octanol–water partition coefficient (Wildman–Crippen LogP) is 4.12. The number of ketones is 1. The number of carbonyl (C=O) groups is 1. The Morgan fingerprint density at radius 3 is 2.31 bits per heavy atom. The van der Waals surface area contributed by atoms with Crippen LogP contribution in [0.15, 0.2) is 58.2 Å². The Kier molecular flexibility index (Phi) is 5.58. The molecule has 0 N–H and O–H groups in total. The maximum Gasteiger partial charge on any atom is 0.277 e. The van der Waals surface area contributed by atoms with Crippen molar-refractivity contribution in [3.63, 3.8) is 0 Å². The number of hydrogen-bond donors (Lipinski definition) is 0. The average Bonchev–Trinajstić information content (AvgIpc) is 3.16. The molecule has 0 aliphatic carbocycles. The van der Waals surface area contributed by atoms with Crippen molar-refractivity contribution in [2.75, 3.05) is 14.2 Å². The van der Waals surface area contributed by atoms with Gasteiger partial charge in [0.25, 0.3) is 5.22 Å². The van der Waals surface area contributed by atoms with Crippen molar-refractivity contribution < 1.29 is 18.7 Å². The first-order chi connectivity index (χ1) is 12.6. The highest BCUT2D eigenvalue weighted by atomic mass is 32.2. The SMILES string of the molecule is COc1cc(OC)cc(-c2nnc(S[C@H](C)C(=O)c3ccccc3)o2)c1. The van der Waals surface area contributed by atoms with Crippen molar-refractivity contribution in [2.45, 2.75) is 17.4 Å².